The molecular formula is C17H25F3N4O. The number of imidazole rings is 1. The molecule has 3 rings (SSSR count). The molecule has 0 aromatic carbocycles. The molecule has 140 valence electrons. The zero-order chi connectivity index (χ0) is 18.1. The van der Waals surface area contributed by atoms with E-state index in [0.717, 1.165) is 38.7 Å². The standard InChI is InChI=1S/C17H25F3N4O/c1-2-16(24-8-4-3-5-9-24)6-10-23(11-7-16)15(25)13-14(17(18,19)20)22-12-21-13/h12H,2-11H2,1H3,(H,21,22). The van der Waals surface area contributed by atoms with Crippen LogP contribution in [0, 0.1) is 0 Å². The Morgan fingerprint density at radius 2 is 1.84 bits per heavy atom. The number of nitrogens with one attached hydrogen (secondary N) is 1. The molecule has 0 bridgehead atoms. The van der Waals surface area contributed by atoms with Gasteiger partial charge in [0.25, 0.3) is 5.91 Å². The number of hydrogen-bond acceptors (Lipinski definition) is 3. The third-order valence-corrected chi connectivity index (χ3v) is 5.79. The van der Waals surface area contributed by atoms with E-state index in [4.69, 9.17) is 0 Å². The Morgan fingerprint density at radius 1 is 1.20 bits per heavy atom. The van der Waals surface area contributed by atoms with E-state index >= 15 is 0 Å². The number of alkyl halides is 3. The lowest BCUT2D eigenvalue weighted by Gasteiger charge is -2.50. The van der Waals surface area contributed by atoms with E-state index in [9.17, 15) is 18.0 Å². The van der Waals surface area contributed by atoms with Gasteiger partial charge < -0.3 is 9.88 Å². The maximum absolute atomic E-state index is 13.0. The van der Waals surface area contributed by atoms with Crippen LogP contribution < -0.4 is 0 Å². The van der Waals surface area contributed by atoms with Crippen LogP contribution in [0.3, 0.4) is 0 Å². The van der Waals surface area contributed by atoms with Gasteiger partial charge in [-0.05, 0) is 45.2 Å². The fourth-order valence-electron chi connectivity index (χ4n) is 4.21. The molecular weight excluding hydrogens is 333 g/mol. The van der Waals surface area contributed by atoms with Crippen LogP contribution in [0.25, 0.3) is 0 Å². The number of carbonyl (C=O) groups is 1. The van der Waals surface area contributed by atoms with Crippen molar-refractivity contribution in [2.75, 3.05) is 26.2 Å². The van der Waals surface area contributed by atoms with Crippen molar-refractivity contribution >= 4 is 5.91 Å². The average molecular weight is 358 g/mol. The first kappa shape index (κ1) is 18.2. The number of hydrogen-bond donors (Lipinski definition) is 1. The van der Waals surface area contributed by atoms with Gasteiger partial charge in [0.2, 0.25) is 0 Å². The molecule has 1 aromatic heterocycles. The molecule has 0 unspecified atom stereocenters. The normalized spacial score (nSPS) is 22.2. The van der Waals surface area contributed by atoms with Crippen LogP contribution in [0.1, 0.15) is 61.6 Å². The Balaban J connectivity index is 1.69. The van der Waals surface area contributed by atoms with E-state index in [1.165, 1.54) is 24.2 Å². The third-order valence-electron chi connectivity index (χ3n) is 5.79. The number of halogens is 3. The fraction of sp³-hybridized carbons (Fsp3) is 0.765. The molecule has 0 spiro atoms. The van der Waals surface area contributed by atoms with Crippen molar-refractivity contribution < 1.29 is 18.0 Å². The summed E-state index contributed by atoms with van der Waals surface area (Å²) in [6.45, 7) is 5.29. The molecule has 25 heavy (non-hydrogen) atoms. The van der Waals surface area contributed by atoms with Gasteiger partial charge in [0.05, 0.1) is 6.33 Å². The average Bonchev–Trinajstić information content (AvgIpc) is 3.12. The predicted octanol–water partition coefficient (Wildman–Crippen LogP) is 3.30. The van der Waals surface area contributed by atoms with Gasteiger partial charge >= 0.3 is 6.18 Å². The lowest BCUT2D eigenvalue weighted by Crippen LogP contribution is -2.57. The molecule has 0 aliphatic carbocycles. The Morgan fingerprint density at radius 3 is 2.40 bits per heavy atom. The largest absolute Gasteiger partial charge is 0.433 e. The number of amides is 1. The predicted molar refractivity (Wildman–Crippen MR) is 87.2 cm³/mol. The van der Waals surface area contributed by atoms with Gasteiger partial charge in [0.15, 0.2) is 11.4 Å². The van der Waals surface area contributed by atoms with Gasteiger partial charge in [0.1, 0.15) is 0 Å². The minimum Gasteiger partial charge on any atom is -0.340 e. The maximum atomic E-state index is 13.0. The first-order valence-electron chi connectivity index (χ1n) is 9.02. The molecule has 5 nitrogen and oxygen atoms in total. The number of likely N-dealkylation sites (tertiary alicyclic amines) is 2. The third kappa shape index (κ3) is 3.54. The van der Waals surface area contributed by atoms with Crippen molar-refractivity contribution in [3.63, 3.8) is 0 Å². The summed E-state index contributed by atoms with van der Waals surface area (Å²) < 4.78 is 38.9. The lowest BCUT2D eigenvalue weighted by atomic mass is 9.82. The molecule has 8 heteroatoms. The zero-order valence-electron chi connectivity index (χ0n) is 14.5. The van der Waals surface area contributed by atoms with Crippen LogP contribution in [0.5, 0.6) is 0 Å². The van der Waals surface area contributed by atoms with Crippen LogP contribution in [0.2, 0.25) is 0 Å². The first-order valence-corrected chi connectivity index (χ1v) is 9.02. The molecule has 2 fully saturated rings. The minimum absolute atomic E-state index is 0.0790. The minimum atomic E-state index is -4.60. The Labute approximate surface area is 145 Å². The molecule has 1 aromatic rings. The summed E-state index contributed by atoms with van der Waals surface area (Å²) in [5, 5.41) is 0. The summed E-state index contributed by atoms with van der Waals surface area (Å²) in [7, 11) is 0. The molecule has 3 heterocycles. The second kappa shape index (κ2) is 6.97. The van der Waals surface area contributed by atoms with Crippen LogP contribution in [0.15, 0.2) is 6.33 Å². The number of nitrogens with zero attached hydrogens (tertiary/aromatic N) is 3. The molecule has 2 aliphatic heterocycles. The highest BCUT2D eigenvalue weighted by Crippen LogP contribution is 2.35. The van der Waals surface area contributed by atoms with Crippen LogP contribution in [-0.2, 0) is 6.18 Å². The molecule has 0 saturated carbocycles. The number of H-pyrrole nitrogens is 1. The molecule has 2 saturated heterocycles. The highest BCUT2D eigenvalue weighted by atomic mass is 19.4. The Bertz CT molecular complexity index is 599. The maximum Gasteiger partial charge on any atom is 0.433 e. The van der Waals surface area contributed by atoms with Crippen LogP contribution >= 0.6 is 0 Å². The highest BCUT2D eigenvalue weighted by molar-refractivity contribution is 5.93. The number of carbonyl (C=O) groups excluding carboxylic acids is 1. The van der Waals surface area contributed by atoms with Crippen molar-refractivity contribution in [3.05, 3.63) is 17.7 Å². The zero-order valence-corrected chi connectivity index (χ0v) is 14.5. The SMILES string of the molecule is CCC1(N2CCCCC2)CCN(C(=O)c2nc[nH]c2C(F)(F)F)CC1. The van der Waals surface area contributed by atoms with Crippen molar-refractivity contribution in [2.45, 2.75) is 57.2 Å². The quantitative estimate of drug-likeness (QED) is 0.902. The summed E-state index contributed by atoms with van der Waals surface area (Å²) in [6, 6.07) is 0. The van der Waals surface area contributed by atoms with Crippen LogP contribution in [-0.4, -0.2) is 57.4 Å². The summed E-state index contributed by atoms with van der Waals surface area (Å²) in [4.78, 5) is 22.3. The van der Waals surface area contributed by atoms with Gasteiger partial charge in [-0.25, -0.2) is 4.98 Å². The summed E-state index contributed by atoms with van der Waals surface area (Å²) in [5.74, 6) is -0.628. The summed E-state index contributed by atoms with van der Waals surface area (Å²) >= 11 is 0. The van der Waals surface area contributed by atoms with Gasteiger partial charge in [-0.3, -0.25) is 9.69 Å². The van der Waals surface area contributed by atoms with E-state index in [2.05, 4.69) is 21.8 Å². The first-order chi connectivity index (χ1) is 11.9. The van der Waals surface area contributed by atoms with E-state index in [0.29, 0.717) is 13.1 Å². The van der Waals surface area contributed by atoms with Gasteiger partial charge in [-0.15, -0.1) is 0 Å². The topological polar surface area (TPSA) is 52.2 Å². The smallest absolute Gasteiger partial charge is 0.340 e. The Kier molecular flexibility index (Phi) is 5.09. The number of aromatic nitrogens is 2. The molecule has 1 N–H and O–H groups in total. The van der Waals surface area contributed by atoms with Gasteiger partial charge in [-0.2, -0.15) is 13.2 Å². The molecule has 0 radical (unpaired) electrons. The number of aromatic amines is 1. The van der Waals surface area contributed by atoms with Crippen molar-refractivity contribution in [1.82, 2.24) is 19.8 Å². The molecule has 2 aliphatic rings. The van der Waals surface area contributed by atoms with Crippen molar-refractivity contribution in [3.8, 4) is 0 Å². The van der Waals surface area contributed by atoms with Crippen molar-refractivity contribution in [2.24, 2.45) is 0 Å². The lowest BCUT2D eigenvalue weighted by molar-refractivity contribution is -0.141. The summed E-state index contributed by atoms with van der Waals surface area (Å²) in [6.07, 6.45) is 2.62. The number of piperidine rings is 2. The van der Waals surface area contributed by atoms with Crippen molar-refractivity contribution in [1.29, 1.82) is 0 Å². The number of rotatable bonds is 3. The van der Waals surface area contributed by atoms with E-state index < -0.39 is 23.5 Å². The molecule has 1 amide bonds. The van der Waals surface area contributed by atoms with E-state index in [1.807, 2.05) is 0 Å². The fourth-order valence-corrected chi connectivity index (χ4v) is 4.21. The highest BCUT2D eigenvalue weighted by Gasteiger charge is 2.42. The van der Waals surface area contributed by atoms with E-state index in [-0.39, 0.29) is 5.54 Å². The van der Waals surface area contributed by atoms with Gasteiger partial charge in [-0.1, -0.05) is 13.3 Å². The monoisotopic (exact) mass is 358 g/mol. The Hall–Kier alpha value is -1.57. The molecule has 0 atom stereocenters. The van der Waals surface area contributed by atoms with Gasteiger partial charge in [0, 0.05) is 18.6 Å². The van der Waals surface area contributed by atoms with Crippen LogP contribution in [0.4, 0.5) is 13.2 Å². The second-order valence-corrected chi connectivity index (χ2v) is 7.04. The second-order valence-electron chi connectivity index (χ2n) is 7.04. The van der Waals surface area contributed by atoms with E-state index in [1.54, 1.807) is 0 Å². The summed E-state index contributed by atoms with van der Waals surface area (Å²) in [5.41, 5.74) is -1.49.